The average molecular weight is 386 g/mol. The van der Waals surface area contributed by atoms with Crippen LogP contribution < -0.4 is 19.5 Å². The SMILES string of the molecule is COc1ccc(Cl)cc1-c1cc(NC(=O)c2cccc3c2OCCO3)n[nH]1. The number of hydrogen-bond acceptors (Lipinski definition) is 5. The molecule has 8 heteroatoms. The molecular weight excluding hydrogens is 370 g/mol. The third-order valence-corrected chi connectivity index (χ3v) is 4.32. The molecule has 2 heterocycles. The molecule has 7 nitrogen and oxygen atoms in total. The number of aromatic nitrogens is 2. The van der Waals surface area contributed by atoms with Gasteiger partial charge in [0.2, 0.25) is 0 Å². The van der Waals surface area contributed by atoms with Gasteiger partial charge in [0.25, 0.3) is 5.91 Å². The second kappa shape index (κ2) is 7.20. The van der Waals surface area contributed by atoms with E-state index in [0.29, 0.717) is 52.6 Å². The van der Waals surface area contributed by atoms with E-state index in [9.17, 15) is 4.79 Å². The van der Waals surface area contributed by atoms with Gasteiger partial charge in [-0.1, -0.05) is 17.7 Å². The third-order valence-electron chi connectivity index (χ3n) is 4.08. The summed E-state index contributed by atoms with van der Waals surface area (Å²) < 4.78 is 16.4. The molecule has 138 valence electrons. The van der Waals surface area contributed by atoms with Crippen LogP contribution in [0.25, 0.3) is 11.3 Å². The number of ether oxygens (including phenoxy) is 3. The summed E-state index contributed by atoms with van der Waals surface area (Å²) in [7, 11) is 1.58. The average Bonchev–Trinajstić information content (AvgIpc) is 3.15. The number of fused-ring (bicyclic) bond motifs is 1. The molecule has 1 aromatic heterocycles. The van der Waals surface area contributed by atoms with E-state index in [1.54, 1.807) is 49.6 Å². The van der Waals surface area contributed by atoms with Gasteiger partial charge >= 0.3 is 0 Å². The Hall–Kier alpha value is -3.19. The van der Waals surface area contributed by atoms with Gasteiger partial charge in [0.1, 0.15) is 19.0 Å². The van der Waals surface area contributed by atoms with Crippen LogP contribution in [0.4, 0.5) is 5.82 Å². The first kappa shape index (κ1) is 17.2. The molecule has 0 bridgehead atoms. The summed E-state index contributed by atoms with van der Waals surface area (Å²) in [5.41, 5.74) is 1.79. The number of para-hydroxylation sites is 1. The summed E-state index contributed by atoms with van der Waals surface area (Å²) in [5.74, 6) is 1.66. The fourth-order valence-electron chi connectivity index (χ4n) is 2.85. The number of amides is 1. The number of carbonyl (C=O) groups excluding carboxylic acids is 1. The van der Waals surface area contributed by atoms with Crippen molar-refractivity contribution in [3.8, 4) is 28.5 Å². The molecule has 1 aliphatic heterocycles. The van der Waals surface area contributed by atoms with Crippen molar-refractivity contribution in [3.63, 3.8) is 0 Å². The Morgan fingerprint density at radius 1 is 1.22 bits per heavy atom. The molecule has 2 N–H and O–H groups in total. The number of halogens is 1. The van der Waals surface area contributed by atoms with E-state index in [1.807, 2.05) is 0 Å². The standard InChI is InChI=1S/C19H16ClN3O4/c1-25-15-6-5-11(20)9-13(15)14-10-17(23-22-14)21-19(24)12-3-2-4-16-18(12)27-8-7-26-16/h2-6,9-10H,7-8H2,1H3,(H2,21,22,23,24). The molecule has 0 fully saturated rings. The fourth-order valence-corrected chi connectivity index (χ4v) is 3.02. The highest BCUT2D eigenvalue weighted by Crippen LogP contribution is 2.35. The van der Waals surface area contributed by atoms with Gasteiger partial charge < -0.3 is 19.5 Å². The Labute approximate surface area is 160 Å². The van der Waals surface area contributed by atoms with E-state index < -0.39 is 0 Å². The molecule has 0 aliphatic carbocycles. The molecule has 0 atom stereocenters. The number of anilines is 1. The van der Waals surface area contributed by atoms with E-state index in [1.165, 1.54) is 0 Å². The predicted octanol–water partition coefficient (Wildman–Crippen LogP) is 3.76. The van der Waals surface area contributed by atoms with E-state index in [0.717, 1.165) is 5.56 Å². The van der Waals surface area contributed by atoms with Gasteiger partial charge in [0.05, 0.1) is 18.4 Å². The van der Waals surface area contributed by atoms with Gasteiger partial charge in [-0.3, -0.25) is 9.89 Å². The second-order valence-electron chi connectivity index (χ2n) is 5.80. The number of nitrogens with zero attached hydrogens (tertiary/aromatic N) is 1. The van der Waals surface area contributed by atoms with Gasteiger partial charge in [0, 0.05) is 16.7 Å². The van der Waals surface area contributed by atoms with Gasteiger partial charge in [-0.05, 0) is 30.3 Å². The molecule has 0 radical (unpaired) electrons. The van der Waals surface area contributed by atoms with Crippen molar-refractivity contribution in [1.82, 2.24) is 10.2 Å². The molecule has 1 aliphatic rings. The maximum absolute atomic E-state index is 12.7. The number of nitrogens with one attached hydrogen (secondary N) is 2. The number of hydrogen-bond donors (Lipinski definition) is 2. The van der Waals surface area contributed by atoms with E-state index >= 15 is 0 Å². The number of rotatable bonds is 4. The van der Waals surface area contributed by atoms with Crippen LogP contribution in [0.5, 0.6) is 17.2 Å². The smallest absolute Gasteiger partial charge is 0.260 e. The van der Waals surface area contributed by atoms with E-state index in [2.05, 4.69) is 15.5 Å². The number of aromatic amines is 1. The molecular formula is C19H16ClN3O4. The minimum absolute atomic E-state index is 0.339. The highest BCUT2D eigenvalue weighted by Gasteiger charge is 2.21. The monoisotopic (exact) mass is 385 g/mol. The number of H-pyrrole nitrogens is 1. The largest absolute Gasteiger partial charge is 0.496 e. The van der Waals surface area contributed by atoms with Crippen molar-refractivity contribution < 1.29 is 19.0 Å². The second-order valence-corrected chi connectivity index (χ2v) is 6.23. The zero-order valence-corrected chi connectivity index (χ0v) is 15.2. The molecule has 1 amide bonds. The lowest BCUT2D eigenvalue weighted by molar-refractivity contribution is 0.101. The maximum Gasteiger partial charge on any atom is 0.260 e. The summed E-state index contributed by atoms with van der Waals surface area (Å²) in [6.45, 7) is 0.862. The topological polar surface area (TPSA) is 85.5 Å². The van der Waals surface area contributed by atoms with Gasteiger partial charge in [0.15, 0.2) is 17.3 Å². The molecule has 27 heavy (non-hydrogen) atoms. The van der Waals surface area contributed by atoms with Crippen molar-refractivity contribution in [2.45, 2.75) is 0 Å². The summed E-state index contributed by atoms with van der Waals surface area (Å²) in [6, 6.07) is 12.2. The van der Waals surface area contributed by atoms with Crippen LogP contribution in [0.1, 0.15) is 10.4 Å². The number of methoxy groups -OCH3 is 1. The number of carbonyl (C=O) groups is 1. The highest BCUT2D eigenvalue weighted by molar-refractivity contribution is 6.31. The molecule has 4 rings (SSSR count). The predicted molar refractivity (Wildman–Crippen MR) is 101 cm³/mol. The van der Waals surface area contributed by atoms with Gasteiger partial charge in [-0.15, -0.1) is 0 Å². The third kappa shape index (κ3) is 3.41. The zero-order valence-electron chi connectivity index (χ0n) is 14.4. The summed E-state index contributed by atoms with van der Waals surface area (Å²) in [4.78, 5) is 12.7. The van der Waals surface area contributed by atoms with Gasteiger partial charge in [-0.2, -0.15) is 5.10 Å². The maximum atomic E-state index is 12.7. The summed E-state index contributed by atoms with van der Waals surface area (Å²) in [6.07, 6.45) is 0. The lowest BCUT2D eigenvalue weighted by Gasteiger charge is -2.20. The normalized spacial score (nSPS) is 12.5. The Kier molecular flexibility index (Phi) is 4.60. The Bertz CT molecular complexity index is 1000. The van der Waals surface area contributed by atoms with Crippen molar-refractivity contribution in [1.29, 1.82) is 0 Å². The van der Waals surface area contributed by atoms with Crippen molar-refractivity contribution in [3.05, 3.63) is 53.1 Å². The van der Waals surface area contributed by atoms with Crippen LogP contribution in [0.15, 0.2) is 42.5 Å². The molecule has 2 aromatic carbocycles. The quantitative estimate of drug-likeness (QED) is 0.714. The van der Waals surface area contributed by atoms with Crippen LogP contribution in [0, 0.1) is 0 Å². The minimum atomic E-state index is -0.339. The van der Waals surface area contributed by atoms with Crippen LogP contribution in [-0.2, 0) is 0 Å². The summed E-state index contributed by atoms with van der Waals surface area (Å²) in [5, 5.41) is 10.4. The lowest BCUT2D eigenvalue weighted by Crippen LogP contribution is -2.20. The lowest BCUT2D eigenvalue weighted by atomic mass is 10.1. The van der Waals surface area contributed by atoms with Crippen LogP contribution in [-0.4, -0.2) is 36.4 Å². The van der Waals surface area contributed by atoms with Crippen LogP contribution in [0.3, 0.4) is 0 Å². The van der Waals surface area contributed by atoms with E-state index in [4.69, 9.17) is 25.8 Å². The van der Waals surface area contributed by atoms with E-state index in [-0.39, 0.29) is 5.91 Å². The Balaban J connectivity index is 1.59. The zero-order chi connectivity index (χ0) is 18.8. The van der Waals surface area contributed by atoms with Crippen molar-refractivity contribution in [2.24, 2.45) is 0 Å². The van der Waals surface area contributed by atoms with Gasteiger partial charge in [-0.25, -0.2) is 0 Å². The Morgan fingerprint density at radius 3 is 2.93 bits per heavy atom. The first-order chi connectivity index (χ1) is 13.2. The first-order valence-electron chi connectivity index (χ1n) is 8.25. The molecule has 0 unspecified atom stereocenters. The van der Waals surface area contributed by atoms with Crippen LogP contribution >= 0.6 is 11.6 Å². The molecule has 3 aromatic rings. The molecule has 0 saturated heterocycles. The number of benzene rings is 2. The Morgan fingerprint density at radius 2 is 2.07 bits per heavy atom. The minimum Gasteiger partial charge on any atom is -0.496 e. The molecule has 0 saturated carbocycles. The molecule has 0 spiro atoms. The summed E-state index contributed by atoms with van der Waals surface area (Å²) >= 11 is 6.08. The van der Waals surface area contributed by atoms with Crippen molar-refractivity contribution in [2.75, 3.05) is 25.6 Å². The van der Waals surface area contributed by atoms with Crippen LogP contribution in [0.2, 0.25) is 5.02 Å². The fraction of sp³-hybridized carbons (Fsp3) is 0.158. The van der Waals surface area contributed by atoms with Crippen molar-refractivity contribution >= 4 is 23.3 Å². The first-order valence-corrected chi connectivity index (χ1v) is 8.63. The highest BCUT2D eigenvalue weighted by atomic mass is 35.5.